The summed E-state index contributed by atoms with van der Waals surface area (Å²) in [5, 5.41) is 14.3. The van der Waals surface area contributed by atoms with Gasteiger partial charge in [0.2, 0.25) is 5.91 Å². The summed E-state index contributed by atoms with van der Waals surface area (Å²) in [7, 11) is 6.51. The molecule has 0 aliphatic heterocycles. The van der Waals surface area contributed by atoms with E-state index in [-0.39, 0.29) is 12.5 Å². The predicted octanol–water partition coefficient (Wildman–Crippen LogP) is 4.43. The Morgan fingerprint density at radius 3 is 2.62 bits per heavy atom. The second-order valence-electron chi connectivity index (χ2n) is 9.74. The number of allylic oxidation sites excluding steroid dienone is 2. The number of H-pyrrole nitrogens is 1. The molecule has 39 heavy (non-hydrogen) atoms. The van der Waals surface area contributed by atoms with Gasteiger partial charge in [-0.2, -0.15) is 0 Å². The lowest BCUT2D eigenvalue weighted by Crippen LogP contribution is -2.42. The lowest BCUT2D eigenvalue weighted by atomic mass is 9.79. The van der Waals surface area contributed by atoms with E-state index < -0.39 is 11.6 Å². The molecule has 0 radical (unpaired) electrons. The van der Waals surface area contributed by atoms with Crippen molar-refractivity contribution in [2.45, 2.75) is 37.3 Å². The number of carbonyl (C=O) groups is 1. The molecule has 1 aliphatic rings. The maximum absolute atomic E-state index is 13.6. The monoisotopic (exact) mass is 534 g/mol. The predicted molar refractivity (Wildman–Crippen MR) is 151 cm³/mol. The molecule has 1 aromatic heterocycles. The number of fused-ring (bicyclic) bond motifs is 1. The lowest BCUT2D eigenvalue weighted by molar-refractivity contribution is -0.119. The Balaban J connectivity index is 1.61. The molecular formula is C31H38N2O6. The van der Waals surface area contributed by atoms with Crippen molar-refractivity contribution in [3.63, 3.8) is 0 Å². The van der Waals surface area contributed by atoms with Gasteiger partial charge >= 0.3 is 0 Å². The first-order valence-electron chi connectivity index (χ1n) is 13.1. The van der Waals surface area contributed by atoms with Gasteiger partial charge in [-0.3, -0.25) is 4.79 Å². The average molecular weight is 535 g/mol. The molecule has 0 spiro atoms. The molecule has 208 valence electrons. The van der Waals surface area contributed by atoms with Crippen LogP contribution in [0.2, 0.25) is 0 Å². The highest BCUT2D eigenvalue weighted by molar-refractivity contribution is 5.95. The van der Waals surface area contributed by atoms with Crippen molar-refractivity contribution in [2.24, 2.45) is 0 Å². The molecule has 8 heteroatoms. The van der Waals surface area contributed by atoms with Gasteiger partial charge in [0.15, 0.2) is 11.5 Å². The van der Waals surface area contributed by atoms with E-state index in [2.05, 4.69) is 16.4 Å². The van der Waals surface area contributed by atoms with E-state index in [0.717, 1.165) is 40.4 Å². The number of benzene rings is 2. The molecule has 2 atom stereocenters. The van der Waals surface area contributed by atoms with Gasteiger partial charge in [0.05, 0.1) is 26.9 Å². The molecule has 0 saturated carbocycles. The average Bonchev–Trinajstić information content (AvgIpc) is 3.38. The van der Waals surface area contributed by atoms with Crippen LogP contribution in [0, 0.1) is 0 Å². The fraction of sp³-hybridized carbons (Fsp3) is 0.387. The number of nitrogens with one attached hydrogen (secondary N) is 2. The third-order valence-corrected chi connectivity index (χ3v) is 7.27. The summed E-state index contributed by atoms with van der Waals surface area (Å²) < 4.78 is 22.4. The molecule has 3 aromatic rings. The van der Waals surface area contributed by atoms with Crippen LogP contribution in [0.15, 0.2) is 72.0 Å². The number of aliphatic hydroxyl groups is 1. The van der Waals surface area contributed by atoms with E-state index in [1.165, 1.54) is 0 Å². The van der Waals surface area contributed by atoms with Crippen LogP contribution in [0.3, 0.4) is 0 Å². The number of hydrogen-bond acceptors (Lipinski definition) is 6. The van der Waals surface area contributed by atoms with Crippen molar-refractivity contribution < 1.29 is 28.8 Å². The normalized spacial score (nSPS) is 17.9. The topological polar surface area (TPSA) is 102 Å². The number of rotatable bonds is 13. The maximum Gasteiger partial charge on any atom is 0.247 e. The summed E-state index contributed by atoms with van der Waals surface area (Å²) in [6.45, 7) is 0.431. The summed E-state index contributed by atoms with van der Waals surface area (Å²) in [4.78, 5) is 16.9. The van der Waals surface area contributed by atoms with Crippen molar-refractivity contribution in [1.82, 2.24) is 10.3 Å². The largest absolute Gasteiger partial charge is 0.493 e. The summed E-state index contributed by atoms with van der Waals surface area (Å²) in [5.41, 5.74) is 3.60. The molecule has 2 aromatic carbocycles. The van der Waals surface area contributed by atoms with Gasteiger partial charge in [-0.1, -0.05) is 30.3 Å². The fourth-order valence-electron chi connectivity index (χ4n) is 5.20. The Labute approximate surface area is 229 Å². The minimum Gasteiger partial charge on any atom is -0.493 e. The van der Waals surface area contributed by atoms with E-state index in [1.807, 2.05) is 54.7 Å². The third-order valence-electron chi connectivity index (χ3n) is 7.27. The molecule has 3 N–H and O–H groups in total. The highest BCUT2D eigenvalue weighted by Gasteiger charge is 2.37. The zero-order chi connectivity index (χ0) is 27.8. The second-order valence-corrected chi connectivity index (χ2v) is 9.74. The van der Waals surface area contributed by atoms with E-state index >= 15 is 0 Å². The maximum atomic E-state index is 13.6. The quantitative estimate of drug-likeness (QED) is 0.281. The fourth-order valence-corrected chi connectivity index (χ4v) is 5.20. The van der Waals surface area contributed by atoms with E-state index in [0.29, 0.717) is 36.5 Å². The number of methoxy groups -OCH3 is 4. The number of amides is 1. The number of aliphatic hydroxyl groups excluding tert-OH is 1. The first-order valence-corrected chi connectivity index (χ1v) is 13.1. The first kappa shape index (κ1) is 28.4. The Hall–Kier alpha value is -3.59. The molecule has 1 aliphatic carbocycles. The Bertz CT molecular complexity index is 1340. The van der Waals surface area contributed by atoms with Crippen LogP contribution < -0.4 is 14.8 Å². The van der Waals surface area contributed by atoms with Gasteiger partial charge in [0.1, 0.15) is 5.60 Å². The third kappa shape index (κ3) is 6.36. The zero-order valence-corrected chi connectivity index (χ0v) is 23.1. The summed E-state index contributed by atoms with van der Waals surface area (Å²) in [5.74, 6) is 0.970. The number of aromatic nitrogens is 1. The summed E-state index contributed by atoms with van der Waals surface area (Å²) in [6.07, 6.45) is 8.30. The highest BCUT2D eigenvalue weighted by Crippen LogP contribution is 2.42. The number of carbonyl (C=O) groups excluding carboxylic acids is 1. The number of ether oxygens (including phenoxy) is 4. The van der Waals surface area contributed by atoms with Gasteiger partial charge in [0, 0.05) is 49.9 Å². The van der Waals surface area contributed by atoms with Crippen molar-refractivity contribution >= 4 is 16.8 Å². The molecular weight excluding hydrogens is 496 g/mol. The Morgan fingerprint density at radius 2 is 1.90 bits per heavy atom. The molecule has 0 saturated heterocycles. The van der Waals surface area contributed by atoms with E-state index in [9.17, 15) is 9.90 Å². The van der Waals surface area contributed by atoms with Crippen molar-refractivity contribution in [1.29, 1.82) is 0 Å². The van der Waals surface area contributed by atoms with Gasteiger partial charge in [-0.05, 0) is 60.2 Å². The van der Waals surface area contributed by atoms with Crippen molar-refractivity contribution in [3.05, 3.63) is 83.1 Å². The molecule has 8 nitrogen and oxygen atoms in total. The Kier molecular flexibility index (Phi) is 9.45. The minimum atomic E-state index is -0.880. The van der Waals surface area contributed by atoms with Crippen LogP contribution in [-0.4, -0.2) is 63.7 Å². The molecule has 4 rings (SSSR count). The Morgan fingerprint density at radius 1 is 1.10 bits per heavy atom. The van der Waals surface area contributed by atoms with Crippen LogP contribution in [0.4, 0.5) is 0 Å². The summed E-state index contributed by atoms with van der Waals surface area (Å²) >= 11 is 0. The SMILES string of the molecule is COCCCC1=CC(OC)(c2ccc(OC)c(OC)c2)CC(C(=O)N[C@@H](CO)Cc2c[nH]c3ccccc23)=C1. The van der Waals surface area contributed by atoms with E-state index in [1.54, 1.807) is 28.4 Å². The number of aromatic amines is 1. The number of hydrogen-bond donors (Lipinski definition) is 3. The molecule has 1 heterocycles. The molecule has 1 amide bonds. The van der Waals surface area contributed by atoms with Crippen molar-refractivity contribution in [3.8, 4) is 11.5 Å². The van der Waals surface area contributed by atoms with Gasteiger partial charge in [-0.15, -0.1) is 0 Å². The van der Waals surface area contributed by atoms with E-state index in [4.69, 9.17) is 18.9 Å². The van der Waals surface area contributed by atoms with Gasteiger partial charge < -0.3 is 34.4 Å². The first-order chi connectivity index (χ1) is 19.0. The van der Waals surface area contributed by atoms with Crippen LogP contribution in [-0.2, 0) is 26.3 Å². The molecule has 0 fully saturated rings. The van der Waals surface area contributed by atoms with Gasteiger partial charge in [0.25, 0.3) is 0 Å². The smallest absolute Gasteiger partial charge is 0.247 e. The standard InChI is InChI=1S/C31H38N2O6/c1-36-13-7-8-21-14-22(18-31(17-21,39-4)24-11-12-28(37-2)29(16-24)38-3)30(35)33-25(20-34)15-23-19-32-27-10-6-5-9-26(23)27/h5-6,9-12,14,16-17,19,25,32,34H,7-8,13,15,18,20H2,1-4H3,(H,33,35)/t25-,31?/m1/s1. The molecule has 0 bridgehead atoms. The zero-order valence-electron chi connectivity index (χ0n) is 23.1. The number of para-hydroxylation sites is 1. The van der Waals surface area contributed by atoms with Crippen LogP contribution in [0.1, 0.15) is 30.4 Å². The highest BCUT2D eigenvalue weighted by atomic mass is 16.5. The van der Waals surface area contributed by atoms with Crippen LogP contribution >= 0.6 is 0 Å². The summed E-state index contributed by atoms with van der Waals surface area (Å²) in [6, 6.07) is 13.2. The van der Waals surface area contributed by atoms with Crippen LogP contribution in [0.5, 0.6) is 11.5 Å². The lowest BCUT2D eigenvalue weighted by Gasteiger charge is -2.35. The second kappa shape index (κ2) is 13.0. The van der Waals surface area contributed by atoms with Crippen molar-refractivity contribution in [2.75, 3.05) is 41.7 Å². The van der Waals surface area contributed by atoms with Crippen LogP contribution in [0.25, 0.3) is 10.9 Å². The van der Waals surface area contributed by atoms with Gasteiger partial charge in [-0.25, -0.2) is 0 Å². The minimum absolute atomic E-state index is 0.180. The molecule has 1 unspecified atom stereocenters.